The number of hydrogen-bond donors (Lipinski definition) is 1. The highest BCUT2D eigenvalue weighted by molar-refractivity contribution is 5.85. The third kappa shape index (κ3) is 4.90. The highest BCUT2D eigenvalue weighted by Crippen LogP contribution is 2.37. The van der Waals surface area contributed by atoms with Gasteiger partial charge in [-0.15, -0.1) is 0 Å². The summed E-state index contributed by atoms with van der Waals surface area (Å²) in [6, 6.07) is 15.8. The molecule has 0 radical (unpaired) electrons. The zero-order chi connectivity index (χ0) is 24.4. The van der Waals surface area contributed by atoms with Crippen LogP contribution in [0.5, 0.6) is 0 Å². The number of nitrogen functional groups attached to an aromatic ring is 1. The van der Waals surface area contributed by atoms with Crippen LogP contribution in [0.25, 0.3) is 11.1 Å². The lowest BCUT2D eigenvalue weighted by Crippen LogP contribution is -2.47. The summed E-state index contributed by atoms with van der Waals surface area (Å²) in [4.78, 5) is 15.9. The number of rotatable bonds is 5. The van der Waals surface area contributed by atoms with Gasteiger partial charge < -0.3 is 20.4 Å². The Bertz CT molecular complexity index is 1150. The van der Waals surface area contributed by atoms with Crippen LogP contribution in [0.2, 0.25) is 0 Å². The second-order valence-electron chi connectivity index (χ2n) is 9.88. The van der Waals surface area contributed by atoms with E-state index in [0.29, 0.717) is 49.6 Å². The van der Waals surface area contributed by atoms with E-state index in [2.05, 4.69) is 34.1 Å². The molecule has 3 aromatic rings. The average molecular weight is 475 g/mol. The van der Waals surface area contributed by atoms with Crippen LogP contribution in [0.4, 0.5) is 27.7 Å². The molecule has 2 heterocycles. The van der Waals surface area contributed by atoms with Gasteiger partial charge in [0.15, 0.2) is 0 Å². The van der Waals surface area contributed by atoms with E-state index >= 15 is 0 Å². The molecule has 1 aliphatic carbocycles. The van der Waals surface area contributed by atoms with Gasteiger partial charge in [0.05, 0.1) is 11.3 Å². The van der Waals surface area contributed by atoms with Crippen molar-refractivity contribution < 1.29 is 4.39 Å². The fourth-order valence-electron chi connectivity index (χ4n) is 5.41. The van der Waals surface area contributed by atoms with Crippen LogP contribution in [-0.4, -0.2) is 50.2 Å². The van der Waals surface area contributed by atoms with E-state index < -0.39 is 0 Å². The molecule has 0 unspecified atom stereocenters. The molecule has 2 aliphatic rings. The van der Waals surface area contributed by atoms with E-state index in [1.54, 1.807) is 6.07 Å². The van der Waals surface area contributed by atoms with Crippen molar-refractivity contribution >= 4 is 23.3 Å². The monoisotopic (exact) mass is 474 g/mol. The van der Waals surface area contributed by atoms with Gasteiger partial charge in [0.1, 0.15) is 17.5 Å². The molecular weight excluding hydrogens is 439 g/mol. The maximum absolute atomic E-state index is 14.2. The van der Waals surface area contributed by atoms with Crippen molar-refractivity contribution in [3.8, 4) is 11.1 Å². The van der Waals surface area contributed by atoms with E-state index in [4.69, 9.17) is 15.7 Å². The quantitative estimate of drug-likeness (QED) is 0.541. The maximum atomic E-state index is 14.2. The van der Waals surface area contributed by atoms with E-state index in [-0.39, 0.29) is 5.82 Å². The van der Waals surface area contributed by atoms with Crippen molar-refractivity contribution in [2.45, 2.75) is 38.0 Å². The van der Waals surface area contributed by atoms with Crippen molar-refractivity contribution in [3.05, 3.63) is 59.9 Å². The molecule has 1 aliphatic heterocycles. The predicted octanol–water partition coefficient (Wildman–Crippen LogP) is 5.31. The van der Waals surface area contributed by atoms with Crippen molar-refractivity contribution in [2.75, 3.05) is 60.7 Å². The van der Waals surface area contributed by atoms with E-state index in [9.17, 15) is 4.39 Å². The molecule has 0 spiro atoms. The SMILES string of the molecule is CN(C)c1nc(N2CCN(c3ccccc3F)CC2)nc(N)c1-c1ccc(C2CCCCC2)cc1. The lowest BCUT2D eigenvalue weighted by atomic mass is 9.84. The Kier molecular flexibility index (Phi) is 6.75. The molecule has 0 atom stereocenters. The topological polar surface area (TPSA) is 61.5 Å². The van der Waals surface area contributed by atoms with E-state index in [1.807, 2.05) is 31.1 Å². The van der Waals surface area contributed by atoms with Gasteiger partial charge in [0.2, 0.25) is 5.95 Å². The van der Waals surface area contributed by atoms with Gasteiger partial charge in [-0.2, -0.15) is 9.97 Å². The average Bonchev–Trinajstić information content (AvgIpc) is 2.89. The molecule has 184 valence electrons. The van der Waals surface area contributed by atoms with Gasteiger partial charge in [-0.25, -0.2) is 4.39 Å². The fraction of sp³-hybridized carbons (Fsp3) is 0.429. The van der Waals surface area contributed by atoms with Crippen molar-refractivity contribution in [1.29, 1.82) is 0 Å². The number of nitrogens with two attached hydrogens (primary N) is 1. The first-order valence-corrected chi connectivity index (χ1v) is 12.7. The molecule has 7 heteroatoms. The number of halogens is 1. The standard InChI is InChI=1S/C28H35FN6/c1-33(2)27-25(22-14-12-21(13-15-22)20-8-4-3-5-9-20)26(30)31-28(32-27)35-18-16-34(17-19-35)24-11-7-6-10-23(24)29/h6-7,10-15,20H,3-5,8-9,16-19H2,1-2H3,(H2,30,31,32). The van der Waals surface area contributed by atoms with Crippen molar-refractivity contribution in [1.82, 2.24) is 9.97 Å². The zero-order valence-corrected chi connectivity index (χ0v) is 20.8. The largest absolute Gasteiger partial charge is 0.383 e. The molecule has 6 nitrogen and oxygen atoms in total. The highest BCUT2D eigenvalue weighted by atomic mass is 19.1. The summed E-state index contributed by atoms with van der Waals surface area (Å²) in [7, 11) is 3.98. The van der Waals surface area contributed by atoms with Crippen LogP contribution in [0.15, 0.2) is 48.5 Å². The van der Waals surface area contributed by atoms with Crippen LogP contribution in [0.3, 0.4) is 0 Å². The molecule has 5 rings (SSSR count). The van der Waals surface area contributed by atoms with Crippen LogP contribution >= 0.6 is 0 Å². The number of para-hydroxylation sites is 1. The summed E-state index contributed by atoms with van der Waals surface area (Å²) in [6.07, 6.45) is 6.58. The van der Waals surface area contributed by atoms with E-state index in [0.717, 1.165) is 16.9 Å². The molecule has 1 saturated heterocycles. The molecule has 1 saturated carbocycles. The van der Waals surface area contributed by atoms with Gasteiger partial charge in [-0.3, -0.25) is 0 Å². The minimum absolute atomic E-state index is 0.185. The van der Waals surface area contributed by atoms with Gasteiger partial charge in [-0.1, -0.05) is 55.7 Å². The molecule has 2 fully saturated rings. The molecule has 2 aromatic carbocycles. The van der Waals surface area contributed by atoms with E-state index in [1.165, 1.54) is 43.7 Å². The normalized spacial score (nSPS) is 17.0. The van der Waals surface area contributed by atoms with Crippen LogP contribution < -0.4 is 20.4 Å². The second-order valence-corrected chi connectivity index (χ2v) is 9.88. The molecule has 1 aromatic heterocycles. The van der Waals surface area contributed by atoms with Gasteiger partial charge in [0, 0.05) is 40.3 Å². The predicted molar refractivity (Wildman–Crippen MR) is 143 cm³/mol. The fourth-order valence-corrected chi connectivity index (χ4v) is 5.41. The van der Waals surface area contributed by atoms with Gasteiger partial charge in [-0.05, 0) is 42.0 Å². The number of hydrogen-bond acceptors (Lipinski definition) is 6. The Labute approximate surface area is 207 Å². The van der Waals surface area contributed by atoms with Gasteiger partial charge in [0.25, 0.3) is 0 Å². The lowest BCUT2D eigenvalue weighted by molar-refractivity contribution is 0.443. The third-order valence-corrected chi connectivity index (χ3v) is 7.36. The highest BCUT2D eigenvalue weighted by Gasteiger charge is 2.24. The van der Waals surface area contributed by atoms with Crippen LogP contribution in [0.1, 0.15) is 43.6 Å². The summed E-state index contributed by atoms with van der Waals surface area (Å²) >= 11 is 0. The first kappa shape index (κ1) is 23.4. The first-order chi connectivity index (χ1) is 17.0. The molecule has 2 N–H and O–H groups in total. The Morgan fingerprint density at radius 1 is 0.857 bits per heavy atom. The third-order valence-electron chi connectivity index (χ3n) is 7.36. The van der Waals surface area contributed by atoms with Crippen LogP contribution in [-0.2, 0) is 0 Å². The minimum atomic E-state index is -0.185. The summed E-state index contributed by atoms with van der Waals surface area (Å²) in [5.74, 6) is 2.41. The molecular formula is C28H35FN6. The number of aromatic nitrogens is 2. The Morgan fingerprint density at radius 2 is 1.51 bits per heavy atom. The summed E-state index contributed by atoms with van der Waals surface area (Å²) in [5, 5.41) is 0. The van der Waals surface area contributed by atoms with Gasteiger partial charge >= 0.3 is 0 Å². The minimum Gasteiger partial charge on any atom is -0.383 e. The second kappa shape index (κ2) is 10.1. The number of nitrogens with zero attached hydrogens (tertiary/aromatic N) is 5. The Balaban J connectivity index is 1.37. The number of benzene rings is 2. The summed E-state index contributed by atoms with van der Waals surface area (Å²) in [5.41, 5.74) is 10.5. The van der Waals surface area contributed by atoms with Crippen molar-refractivity contribution in [2.24, 2.45) is 0 Å². The number of anilines is 4. The molecule has 0 bridgehead atoms. The molecule has 35 heavy (non-hydrogen) atoms. The Hall–Kier alpha value is -3.35. The lowest BCUT2D eigenvalue weighted by Gasteiger charge is -2.36. The summed E-state index contributed by atoms with van der Waals surface area (Å²) < 4.78 is 14.2. The zero-order valence-electron chi connectivity index (χ0n) is 20.8. The smallest absolute Gasteiger partial charge is 0.229 e. The first-order valence-electron chi connectivity index (χ1n) is 12.7. The van der Waals surface area contributed by atoms with Crippen molar-refractivity contribution in [3.63, 3.8) is 0 Å². The van der Waals surface area contributed by atoms with Crippen LogP contribution in [0, 0.1) is 5.82 Å². The number of piperazine rings is 1. The summed E-state index contributed by atoms with van der Waals surface area (Å²) in [6.45, 7) is 2.81. The molecule has 0 amide bonds. The maximum Gasteiger partial charge on any atom is 0.229 e. The Morgan fingerprint density at radius 3 is 2.17 bits per heavy atom.